The SMILES string of the molecule is COc1ccnc(C)c1CC/C=C\CO. The number of allylic oxidation sites excluding steroid dienone is 1. The van der Waals surface area contributed by atoms with E-state index in [0.717, 1.165) is 29.8 Å². The maximum atomic E-state index is 8.59. The third-order valence-electron chi connectivity index (χ3n) is 2.28. The van der Waals surface area contributed by atoms with Gasteiger partial charge in [0.25, 0.3) is 0 Å². The fourth-order valence-electron chi connectivity index (χ4n) is 1.49. The molecule has 0 saturated carbocycles. The molecule has 0 bridgehead atoms. The topological polar surface area (TPSA) is 42.4 Å². The molecule has 0 saturated heterocycles. The summed E-state index contributed by atoms with van der Waals surface area (Å²) in [5.41, 5.74) is 2.15. The first-order chi connectivity index (χ1) is 7.29. The Morgan fingerprint density at radius 1 is 1.47 bits per heavy atom. The summed E-state index contributed by atoms with van der Waals surface area (Å²) in [5.74, 6) is 0.889. The van der Waals surface area contributed by atoms with Crippen molar-refractivity contribution >= 4 is 0 Å². The molecule has 1 rings (SSSR count). The summed E-state index contributed by atoms with van der Waals surface area (Å²) in [6.45, 7) is 2.08. The Hall–Kier alpha value is -1.35. The summed E-state index contributed by atoms with van der Waals surface area (Å²) in [5, 5.41) is 8.59. The smallest absolute Gasteiger partial charge is 0.125 e. The Kier molecular flexibility index (Phi) is 4.84. The van der Waals surface area contributed by atoms with Crippen LogP contribution in [0, 0.1) is 6.92 Å². The van der Waals surface area contributed by atoms with Crippen molar-refractivity contribution in [3.63, 3.8) is 0 Å². The van der Waals surface area contributed by atoms with E-state index in [1.54, 1.807) is 19.4 Å². The van der Waals surface area contributed by atoms with Gasteiger partial charge < -0.3 is 9.84 Å². The molecule has 0 amide bonds. The first-order valence-corrected chi connectivity index (χ1v) is 5.04. The van der Waals surface area contributed by atoms with Gasteiger partial charge >= 0.3 is 0 Å². The highest BCUT2D eigenvalue weighted by molar-refractivity contribution is 5.35. The molecule has 0 unspecified atom stereocenters. The Balaban J connectivity index is 2.70. The van der Waals surface area contributed by atoms with E-state index >= 15 is 0 Å². The zero-order valence-electron chi connectivity index (χ0n) is 9.23. The molecule has 0 aromatic carbocycles. The molecule has 0 aliphatic carbocycles. The van der Waals surface area contributed by atoms with Crippen LogP contribution >= 0.6 is 0 Å². The molecule has 0 aliphatic rings. The number of pyridine rings is 1. The Morgan fingerprint density at radius 2 is 2.27 bits per heavy atom. The maximum absolute atomic E-state index is 8.59. The van der Waals surface area contributed by atoms with Crippen LogP contribution in [0.2, 0.25) is 0 Å². The minimum atomic E-state index is 0.100. The van der Waals surface area contributed by atoms with Gasteiger partial charge in [-0.05, 0) is 25.8 Å². The van der Waals surface area contributed by atoms with Gasteiger partial charge in [0.1, 0.15) is 5.75 Å². The van der Waals surface area contributed by atoms with Gasteiger partial charge in [-0.2, -0.15) is 0 Å². The molecule has 0 fully saturated rings. The molecule has 0 radical (unpaired) electrons. The maximum Gasteiger partial charge on any atom is 0.125 e. The van der Waals surface area contributed by atoms with E-state index < -0.39 is 0 Å². The van der Waals surface area contributed by atoms with Crippen molar-refractivity contribution in [1.82, 2.24) is 4.98 Å². The van der Waals surface area contributed by atoms with Crippen molar-refractivity contribution in [3.05, 3.63) is 35.7 Å². The molecule has 1 heterocycles. The number of aliphatic hydroxyl groups is 1. The zero-order chi connectivity index (χ0) is 11.1. The van der Waals surface area contributed by atoms with Crippen LogP contribution in [0.4, 0.5) is 0 Å². The van der Waals surface area contributed by atoms with Crippen molar-refractivity contribution in [2.75, 3.05) is 13.7 Å². The highest BCUT2D eigenvalue weighted by Gasteiger charge is 2.05. The normalized spacial score (nSPS) is 10.9. The van der Waals surface area contributed by atoms with E-state index in [-0.39, 0.29) is 6.61 Å². The van der Waals surface area contributed by atoms with Gasteiger partial charge in [0.05, 0.1) is 13.7 Å². The van der Waals surface area contributed by atoms with Gasteiger partial charge in [0, 0.05) is 17.5 Å². The summed E-state index contributed by atoms with van der Waals surface area (Å²) >= 11 is 0. The van der Waals surface area contributed by atoms with Gasteiger partial charge in [-0.15, -0.1) is 0 Å². The molecular weight excluding hydrogens is 190 g/mol. The lowest BCUT2D eigenvalue weighted by Gasteiger charge is -2.09. The fraction of sp³-hybridized carbons (Fsp3) is 0.417. The van der Waals surface area contributed by atoms with Gasteiger partial charge in [0.15, 0.2) is 0 Å². The van der Waals surface area contributed by atoms with Crippen LogP contribution in [0.3, 0.4) is 0 Å². The van der Waals surface area contributed by atoms with Crippen molar-refractivity contribution in [2.45, 2.75) is 19.8 Å². The van der Waals surface area contributed by atoms with E-state index in [4.69, 9.17) is 9.84 Å². The van der Waals surface area contributed by atoms with Crippen LogP contribution in [0.25, 0.3) is 0 Å². The van der Waals surface area contributed by atoms with E-state index in [2.05, 4.69) is 4.98 Å². The number of aryl methyl sites for hydroxylation is 1. The van der Waals surface area contributed by atoms with Crippen molar-refractivity contribution in [1.29, 1.82) is 0 Å². The molecule has 1 N–H and O–H groups in total. The molecule has 3 heteroatoms. The lowest BCUT2D eigenvalue weighted by atomic mass is 10.1. The van der Waals surface area contributed by atoms with Crippen LogP contribution in [0.1, 0.15) is 17.7 Å². The summed E-state index contributed by atoms with van der Waals surface area (Å²) in [7, 11) is 1.67. The number of aromatic nitrogens is 1. The van der Waals surface area contributed by atoms with Crippen LogP contribution in [0.5, 0.6) is 5.75 Å². The molecular formula is C12H17NO2. The Morgan fingerprint density at radius 3 is 2.93 bits per heavy atom. The molecule has 1 aromatic heterocycles. The van der Waals surface area contributed by atoms with Crippen LogP contribution in [-0.2, 0) is 6.42 Å². The second kappa shape index (κ2) is 6.19. The lowest BCUT2D eigenvalue weighted by Crippen LogP contribution is -1.97. The fourth-order valence-corrected chi connectivity index (χ4v) is 1.49. The Labute approximate surface area is 90.4 Å². The van der Waals surface area contributed by atoms with Gasteiger partial charge in [-0.3, -0.25) is 4.98 Å². The highest BCUT2D eigenvalue weighted by atomic mass is 16.5. The molecule has 1 aromatic rings. The number of aliphatic hydroxyl groups excluding tert-OH is 1. The van der Waals surface area contributed by atoms with E-state index in [1.165, 1.54) is 0 Å². The Bertz CT molecular complexity index is 334. The van der Waals surface area contributed by atoms with Crippen LogP contribution < -0.4 is 4.74 Å². The van der Waals surface area contributed by atoms with Crippen molar-refractivity contribution in [2.24, 2.45) is 0 Å². The van der Waals surface area contributed by atoms with Crippen LogP contribution in [0.15, 0.2) is 24.4 Å². The quantitative estimate of drug-likeness (QED) is 0.750. The van der Waals surface area contributed by atoms with Gasteiger partial charge in [-0.25, -0.2) is 0 Å². The first-order valence-electron chi connectivity index (χ1n) is 5.04. The molecule has 0 spiro atoms. The van der Waals surface area contributed by atoms with Gasteiger partial charge in [-0.1, -0.05) is 12.2 Å². The summed E-state index contributed by atoms with van der Waals surface area (Å²) in [6.07, 6.45) is 7.24. The van der Waals surface area contributed by atoms with Crippen LogP contribution in [-0.4, -0.2) is 23.8 Å². The molecule has 0 aliphatic heterocycles. The number of methoxy groups -OCH3 is 1. The average molecular weight is 207 g/mol. The monoisotopic (exact) mass is 207 g/mol. The molecule has 3 nitrogen and oxygen atoms in total. The third-order valence-corrected chi connectivity index (χ3v) is 2.28. The lowest BCUT2D eigenvalue weighted by molar-refractivity contribution is 0.342. The number of hydrogen-bond donors (Lipinski definition) is 1. The first kappa shape index (κ1) is 11.7. The second-order valence-corrected chi connectivity index (χ2v) is 3.27. The third kappa shape index (κ3) is 3.36. The predicted octanol–water partition coefficient (Wildman–Crippen LogP) is 1.88. The highest BCUT2D eigenvalue weighted by Crippen LogP contribution is 2.21. The summed E-state index contributed by atoms with van der Waals surface area (Å²) in [6, 6.07) is 1.87. The standard InChI is InChI=1S/C12H17NO2/c1-10-11(6-4-3-5-9-14)12(15-2)7-8-13-10/h3,5,7-8,14H,4,6,9H2,1-2H3/b5-3-. The van der Waals surface area contributed by atoms with E-state index in [0.29, 0.717) is 0 Å². The van der Waals surface area contributed by atoms with E-state index in [9.17, 15) is 0 Å². The predicted molar refractivity (Wildman–Crippen MR) is 60.1 cm³/mol. The zero-order valence-corrected chi connectivity index (χ0v) is 9.23. The second-order valence-electron chi connectivity index (χ2n) is 3.27. The molecule has 15 heavy (non-hydrogen) atoms. The average Bonchev–Trinajstić information content (AvgIpc) is 2.26. The van der Waals surface area contributed by atoms with Gasteiger partial charge in [0.2, 0.25) is 0 Å². The summed E-state index contributed by atoms with van der Waals surface area (Å²) in [4.78, 5) is 4.23. The van der Waals surface area contributed by atoms with Crippen molar-refractivity contribution < 1.29 is 9.84 Å². The minimum absolute atomic E-state index is 0.100. The number of ether oxygens (including phenoxy) is 1. The molecule has 82 valence electrons. The molecule has 0 atom stereocenters. The number of rotatable bonds is 5. The largest absolute Gasteiger partial charge is 0.496 e. The number of hydrogen-bond acceptors (Lipinski definition) is 3. The van der Waals surface area contributed by atoms with E-state index in [1.807, 2.05) is 19.1 Å². The number of nitrogens with zero attached hydrogens (tertiary/aromatic N) is 1. The minimum Gasteiger partial charge on any atom is -0.496 e. The summed E-state index contributed by atoms with van der Waals surface area (Å²) < 4.78 is 5.27. The van der Waals surface area contributed by atoms with Crippen molar-refractivity contribution in [3.8, 4) is 5.75 Å².